The zero-order chi connectivity index (χ0) is 11.5. The number of carbonyl (C=O) groups is 2. The monoisotopic (exact) mass is 220 g/mol. The van der Waals surface area contributed by atoms with Crippen LogP contribution in [-0.2, 0) is 4.74 Å². The third-order valence-electron chi connectivity index (χ3n) is 2.33. The van der Waals surface area contributed by atoms with Gasteiger partial charge in [0, 0.05) is 0 Å². The van der Waals surface area contributed by atoms with Crippen LogP contribution in [0.2, 0.25) is 0 Å². The van der Waals surface area contributed by atoms with Crippen molar-refractivity contribution in [1.29, 1.82) is 0 Å². The van der Waals surface area contributed by atoms with Gasteiger partial charge in [-0.1, -0.05) is 12.1 Å². The number of hydrogen-bond acceptors (Lipinski definition) is 3. The van der Waals surface area contributed by atoms with Crippen molar-refractivity contribution < 1.29 is 14.3 Å². The van der Waals surface area contributed by atoms with Gasteiger partial charge in [-0.05, 0) is 19.1 Å². The highest BCUT2D eigenvalue weighted by molar-refractivity contribution is 6.06. The summed E-state index contributed by atoms with van der Waals surface area (Å²) in [5.74, 6) is -0.170. The lowest BCUT2D eigenvalue weighted by molar-refractivity contribution is 0.0946. The third kappa shape index (κ3) is 1.71. The van der Waals surface area contributed by atoms with Gasteiger partial charge in [-0.25, -0.2) is 4.79 Å². The summed E-state index contributed by atoms with van der Waals surface area (Å²) in [4.78, 5) is 24.5. The predicted molar refractivity (Wildman–Crippen MR) is 58.3 cm³/mol. The number of carbonyl (C=O) groups excluding carboxylic acids is 2. The molecule has 0 bridgehead atoms. The fourth-order valence-corrected chi connectivity index (χ4v) is 1.60. The number of rotatable bonds is 1. The van der Waals surface area contributed by atoms with Crippen LogP contribution in [0.3, 0.4) is 0 Å². The summed E-state index contributed by atoms with van der Waals surface area (Å²) in [7, 11) is 0. The van der Waals surface area contributed by atoms with Crippen LogP contribution in [0.1, 0.15) is 17.3 Å². The number of anilines is 1. The summed E-state index contributed by atoms with van der Waals surface area (Å²) < 4.78 is 4.91. The van der Waals surface area contributed by atoms with Crippen molar-refractivity contribution >= 4 is 17.7 Å². The van der Waals surface area contributed by atoms with Gasteiger partial charge < -0.3 is 10.1 Å². The fraction of sp³-hybridized carbons (Fsp3) is 0.273. The Labute approximate surface area is 93.0 Å². The molecule has 0 saturated heterocycles. The molecule has 0 unspecified atom stereocenters. The van der Waals surface area contributed by atoms with E-state index >= 15 is 0 Å². The summed E-state index contributed by atoms with van der Waals surface area (Å²) in [5.41, 5.74) is 1.08. The third-order valence-corrected chi connectivity index (χ3v) is 2.33. The van der Waals surface area contributed by atoms with Crippen LogP contribution in [-0.4, -0.2) is 25.3 Å². The van der Waals surface area contributed by atoms with Gasteiger partial charge in [0.05, 0.1) is 17.9 Å². The van der Waals surface area contributed by atoms with Crippen molar-refractivity contribution in [2.75, 3.05) is 18.2 Å². The van der Waals surface area contributed by atoms with Gasteiger partial charge >= 0.3 is 6.09 Å². The molecule has 1 aliphatic rings. The molecule has 1 aromatic rings. The van der Waals surface area contributed by atoms with Crippen LogP contribution in [0.5, 0.6) is 0 Å². The molecular weight excluding hydrogens is 208 g/mol. The molecular formula is C11H12N2O3. The van der Waals surface area contributed by atoms with Crippen molar-refractivity contribution in [2.45, 2.75) is 6.92 Å². The molecule has 1 heterocycles. The van der Waals surface area contributed by atoms with E-state index < -0.39 is 6.09 Å². The molecule has 1 aromatic carbocycles. The number of amides is 2. The lowest BCUT2D eigenvalue weighted by Crippen LogP contribution is -2.46. The number of benzene rings is 1. The molecule has 0 aromatic heterocycles. The van der Waals surface area contributed by atoms with E-state index in [1.807, 2.05) is 0 Å². The smallest absolute Gasteiger partial charge is 0.415 e. The predicted octanol–water partition coefficient (Wildman–Crippen LogP) is 1.35. The number of fused-ring (bicyclic) bond motifs is 1. The lowest BCUT2D eigenvalue weighted by atomic mass is 10.1. The van der Waals surface area contributed by atoms with Crippen LogP contribution in [0.15, 0.2) is 24.3 Å². The van der Waals surface area contributed by atoms with Crippen molar-refractivity contribution in [3.8, 4) is 0 Å². The molecule has 0 spiro atoms. The Hall–Kier alpha value is -2.04. The molecule has 5 heteroatoms. The maximum atomic E-state index is 11.6. The Kier molecular flexibility index (Phi) is 2.76. The number of nitrogens with zero attached hydrogens (tertiary/aromatic N) is 1. The van der Waals surface area contributed by atoms with E-state index in [2.05, 4.69) is 5.32 Å². The molecule has 0 fully saturated rings. The second-order valence-corrected chi connectivity index (χ2v) is 3.31. The average molecular weight is 220 g/mol. The lowest BCUT2D eigenvalue weighted by Gasteiger charge is -2.28. The Morgan fingerprint density at radius 2 is 2.25 bits per heavy atom. The van der Waals surface area contributed by atoms with Gasteiger partial charge in [0.2, 0.25) is 0 Å². The average Bonchev–Trinajstić information content (AvgIpc) is 2.30. The quantitative estimate of drug-likeness (QED) is 0.777. The first-order chi connectivity index (χ1) is 7.74. The highest BCUT2D eigenvalue weighted by atomic mass is 16.6. The van der Waals surface area contributed by atoms with E-state index in [1.54, 1.807) is 31.2 Å². The van der Waals surface area contributed by atoms with Gasteiger partial charge in [0.25, 0.3) is 5.91 Å². The van der Waals surface area contributed by atoms with Gasteiger partial charge in [-0.15, -0.1) is 0 Å². The van der Waals surface area contributed by atoms with E-state index in [1.165, 1.54) is 4.90 Å². The maximum Gasteiger partial charge on any atom is 0.415 e. The second-order valence-electron chi connectivity index (χ2n) is 3.31. The summed E-state index contributed by atoms with van der Waals surface area (Å²) >= 11 is 0. The zero-order valence-electron chi connectivity index (χ0n) is 8.90. The summed E-state index contributed by atoms with van der Waals surface area (Å²) in [6.45, 7) is 2.20. The van der Waals surface area contributed by atoms with E-state index in [0.29, 0.717) is 17.9 Å². The van der Waals surface area contributed by atoms with E-state index in [4.69, 9.17) is 4.74 Å². The largest absolute Gasteiger partial charge is 0.449 e. The summed E-state index contributed by atoms with van der Waals surface area (Å²) in [6, 6.07) is 6.94. The maximum absolute atomic E-state index is 11.6. The van der Waals surface area contributed by atoms with E-state index in [-0.39, 0.29) is 12.6 Å². The van der Waals surface area contributed by atoms with Gasteiger partial charge in [0.1, 0.15) is 6.67 Å². The standard InChI is InChI=1S/C11H12N2O3/c1-2-16-11(15)13-7-12-10(14)8-5-3-4-6-9(8)13/h3-6H,2,7H2,1H3,(H,12,14). The van der Waals surface area contributed by atoms with Crippen LogP contribution in [0.25, 0.3) is 0 Å². The SMILES string of the molecule is CCOC(=O)N1CNC(=O)c2ccccc21. The minimum Gasteiger partial charge on any atom is -0.449 e. The number of ether oxygens (including phenoxy) is 1. The van der Waals surface area contributed by atoms with Gasteiger partial charge in [-0.3, -0.25) is 9.69 Å². The van der Waals surface area contributed by atoms with Crippen LogP contribution in [0.4, 0.5) is 10.5 Å². The van der Waals surface area contributed by atoms with Crippen molar-refractivity contribution in [3.05, 3.63) is 29.8 Å². The summed E-state index contributed by atoms with van der Waals surface area (Å²) in [5, 5.41) is 2.61. The molecule has 0 radical (unpaired) electrons. The Balaban J connectivity index is 2.34. The first kappa shape index (κ1) is 10.5. The first-order valence-electron chi connectivity index (χ1n) is 5.05. The minimum atomic E-state index is -0.449. The molecule has 1 N–H and O–H groups in total. The zero-order valence-corrected chi connectivity index (χ0v) is 8.90. The summed E-state index contributed by atoms with van der Waals surface area (Å²) in [6.07, 6.45) is -0.449. The second kappa shape index (κ2) is 4.22. The Morgan fingerprint density at radius 3 is 3.00 bits per heavy atom. The van der Waals surface area contributed by atoms with E-state index in [0.717, 1.165) is 0 Å². The molecule has 5 nitrogen and oxygen atoms in total. The molecule has 2 amide bonds. The number of hydrogen-bond donors (Lipinski definition) is 1. The Morgan fingerprint density at radius 1 is 1.50 bits per heavy atom. The van der Waals surface area contributed by atoms with Gasteiger partial charge in [-0.2, -0.15) is 0 Å². The highest BCUT2D eigenvalue weighted by Crippen LogP contribution is 2.23. The normalized spacial score (nSPS) is 14.1. The topological polar surface area (TPSA) is 58.6 Å². The minimum absolute atomic E-state index is 0.147. The van der Waals surface area contributed by atoms with E-state index in [9.17, 15) is 9.59 Å². The van der Waals surface area contributed by atoms with Crippen molar-refractivity contribution in [3.63, 3.8) is 0 Å². The van der Waals surface area contributed by atoms with Crippen LogP contribution < -0.4 is 10.2 Å². The first-order valence-corrected chi connectivity index (χ1v) is 5.05. The molecule has 0 aliphatic carbocycles. The molecule has 16 heavy (non-hydrogen) atoms. The van der Waals surface area contributed by atoms with Crippen molar-refractivity contribution in [2.24, 2.45) is 0 Å². The molecule has 0 saturated carbocycles. The van der Waals surface area contributed by atoms with Crippen LogP contribution in [0, 0.1) is 0 Å². The molecule has 1 aliphatic heterocycles. The molecule has 0 atom stereocenters. The van der Waals surface area contributed by atoms with Crippen LogP contribution >= 0.6 is 0 Å². The number of para-hydroxylation sites is 1. The molecule has 84 valence electrons. The van der Waals surface area contributed by atoms with Gasteiger partial charge in [0.15, 0.2) is 0 Å². The van der Waals surface area contributed by atoms with Crippen molar-refractivity contribution in [1.82, 2.24) is 5.32 Å². The Bertz CT molecular complexity index is 431. The number of nitrogens with one attached hydrogen (secondary N) is 1. The molecule has 2 rings (SSSR count). The highest BCUT2D eigenvalue weighted by Gasteiger charge is 2.26. The fourth-order valence-electron chi connectivity index (χ4n) is 1.60.